The second-order valence-electron chi connectivity index (χ2n) is 7.39. The molecule has 3 unspecified atom stereocenters. The molecule has 0 radical (unpaired) electrons. The van der Waals surface area contributed by atoms with Crippen LogP contribution in [-0.4, -0.2) is 39.9 Å². The van der Waals surface area contributed by atoms with Gasteiger partial charge in [-0.15, -0.1) is 0 Å². The number of alkyl halides is 3. The molecule has 0 bridgehead atoms. The van der Waals surface area contributed by atoms with Crippen LogP contribution in [0.2, 0.25) is 0 Å². The van der Waals surface area contributed by atoms with Crippen LogP contribution in [0.4, 0.5) is 18.9 Å². The fourth-order valence-electron chi connectivity index (χ4n) is 4.31. The monoisotopic (exact) mass is 398 g/mol. The Morgan fingerprint density at radius 1 is 1.14 bits per heavy atom. The van der Waals surface area contributed by atoms with Crippen LogP contribution in [0.5, 0.6) is 0 Å². The van der Waals surface area contributed by atoms with Crippen LogP contribution in [0.25, 0.3) is 0 Å². The van der Waals surface area contributed by atoms with Crippen molar-refractivity contribution in [2.45, 2.75) is 57.3 Å². The van der Waals surface area contributed by atoms with Gasteiger partial charge in [0.1, 0.15) is 6.04 Å². The first kappa shape index (κ1) is 20.2. The van der Waals surface area contributed by atoms with E-state index >= 15 is 0 Å². The summed E-state index contributed by atoms with van der Waals surface area (Å²) in [5, 5.41) is 11.8. The van der Waals surface area contributed by atoms with Crippen molar-refractivity contribution in [1.29, 1.82) is 0 Å². The van der Waals surface area contributed by atoms with Gasteiger partial charge in [-0.05, 0) is 43.4 Å². The van der Waals surface area contributed by atoms with Gasteiger partial charge in [0, 0.05) is 24.2 Å². The molecule has 2 aliphatic rings. The molecule has 2 N–H and O–H groups in total. The van der Waals surface area contributed by atoms with Gasteiger partial charge < -0.3 is 15.3 Å². The number of likely N-dealkylation sites (tertiary alicyclic amines) is 1. The molecular weight excluding hydrogens is 377 g/mol. The summed E-state index contributed by atoms with van der Waals surface area (Å²) >= 11 is 0. The first-order valence-corrected chi connectivity index (χ1v) is 9.13. The highest BCUT2D eigenvalue weighted by Gasteiger charge is 2.48. The average molecular weight is 398 g/mol. The number of nitrogens with one attached hydrogen (secondary N) is 1. The Labute approximate surface area is 159 Å². The van der Waals surface area contributed by atoms with Crippen molar-refractivity contribution in [1.82, 2.24) is 4.90 Å². The number of amides is 2. The summed E-state index contributed by atoms with van der Waals surface area (Å²) in [6.07, 6.45) is -1.17. The van der Waals surface area contributed by atoms with E-state index in [9.17, 15) is 32.7 Å². The second kappa shape index (κ2) is 7.44. The van der Waals surface area contributed by atoms with Gasteiger partial charge in [-0.1, -0.05) is 12.8 Å². The lowest BCUT2D eigenvalue weighted by Gasteiger charge is -2.33. The molecule has 1 aromatic carbocycles. The Balaban J connectivity index is 2.01. The van der Waals surface area contributed by atoms with Gasteiger partial charge in [0.15, 0.2) is 0 Å². The molecule has 2 amide bonds. The highest BCUT2D eigenvalue weighted by Crippen LogP contribution is 2.41. The number of carboxylic acid groups (broad SMARTS) is 1. The van der Waals surface area contributed by atoms with Crippen molar-refractivity contribution >= 4 is 23.5 Å². The van der Waals surface area contributed by atoms with Crippen molar-refractivity contribution in [3.05, 3.63) is 29.3 Å². The van der Waals surface area contributed by atoms with Crippen molar-refractivity contribution in [3.63, 3.8) is 0 Å². The summed E-state index contributed by atoms with van der Waals surface area (Å²) in [5.41, 5.74) is -1.51. The maximum Gasteiger partial charge on any atom is 0.416 e. The second-order valence-corrected chi connectivity index (χ2v) is 7.39. The fraction of sp³-hybridized carbons (Fsp3) is 0.526. The van der Waals surface area contributed by atoms with Crippen LogP contribution in [0.1, 0.15) is 54.9 Å². The summed E-state index contributed by atoms with van der Waals surface area (Å²) < 4.78 is 39.8. The zero-order valence-electron chi connectivity index (χ0n) is 15.3. The topological polar surface area (TPSA) is 86.7 Å². The highest BCUT2D eigenvalue weighted by molar-refractivity contribution is 5.99. The van der Waals surface area contributed by atoms with Gasteiger partial charge in [-0.2, -0.15) is 13.2 Å². The summed E-state index contributed by atoms with van der Waals surface area (Å²) in [4.78, 5) is 37.3. The summed E-state index contributed by atoms with van der Waals surface area (Å²) in [6.45, 7) is 1.15. The number of anilines is 1. The standard InChI is InChI=1S/C19H21F3N2O4/c1-10(25)23-14-7-12(6-13(9-14)19(20,21)22)17(26)24-15-5-3-2-4-11(15)8-16(24)18(27)28/h6-7,9,11,15-16H,2-5,8H2,1H3,(H,23,25)(H,27,28). The Morgan fingerprint density at radius 3 is 2.43 bits per heavy atom. The number of rotatable bonds is 3. The first-order valence-electron chi connectivity index (χ1n) is 9.13. The molecule has 1 aliphatic heterocycles. The van der Waals surface area contributed by atoms with Gasteiger partial charge >= 0.3 is 12.1 Å². The third-order valence-corrected chi connectivity index (χ3v) is 5.44. The molecular formula is C19H21F3N2O4. The van der Waals surface area contributed by atoms with Gasteiger partial charge in [-0.25, -0.2) is 4.79 Å². The molecule has 6 nitrogen and oxygen atoms in total. The maximum atomic E-state index is 13.3. The van der Waals surface area contributed by atoms with Gasteiger partial charge in [-0.3, -0.25) is 9.59 Å². The van der Waals surface area contributed by atoms with Gasteiger partial charge in [0.05, 0.1) is 5.56 Å². The van der Waals surface area contributed by atoms with E-state index < -0.39 is 35.6 Å². The number of nitrogens with zero attached hydrogens (tertiary/aromatic N) is 1. The van der Waals surface area contributed by atoms with Crippen LogP contribution >= 0.6 is 0 Å². The predicted octanol–water partition coefficient (Wildman–Crippen LogP) is 3.52. The molecule has 1 saturated heterocycles. The Bertz CT molecular complexity index is 809. The molecule has 1 saturated carbocycles. The molecule has 28 heavy (non-hydrogen) atoms. The smallest absolute Gasteiger partial charge is 0.416 e. The lowest BCUT2D eigenvalue weighted by Crippen LogP contribution is -2.46. The molecule has 3 atom stereocenters. The number of halogens is 3. The molecule has 9 heteroatoms. The van der Waals surface area contributed by atoms with E-state index in [4.69, 9.17) is 0 Å². The third kappa shape index (κ3) is 3.98. The van der Waals surface area contributed by atoms with E-state index in [1.54, 1.807) is 0 Å². The average Bonchev–Trinajstić information content (AvgIpc) is 2.99. The maximum absolute atomic E-state index is 13.3. The summed E-state index contributed by atoms with van der Waals surface area (Å²) in [7, 11) is 0. The number of aliphatic carboxylic acids is 1. The number of benzene rings is 1. The van der Waals surface area contributed by atoms with Gasteiger partial charge in [0.2, 0.25) is 5.91 Å². The van der Waals surface area contributed by atoms with E-state index in [0.29, 0.717) is 18.9 Å². The Morgan fingerprint density at radius 2 is 1.82 bits per heavy atom. The van der Waals surface area contributed by atoms with E-state index in [2.05, 4.69) is 5.32 Å². The minimum Gasteiger partial charge on any atom is -0.480 e. The zero-order chi connectivity index (χ0) is 20.6. The highest BCUT2D eigenvalue weighted by atomic mass is 19.4. The van der Waals surface area contributed by atoms with Gasteiger partial charge in [0.25, 0.3) is 5.91 Å². The lowest BCUT2D eigenvalue weighted by atomic mass is 9.84. The van der Waals surface area contributed by atoms with Crippen LogP contribution in [0.3, 0.4) is 0 Å². The Hall–Kier alpha value is -2.58. The molecule has 0 spiro atoms. The predicted molar refractivity (Wildman–Crippen MR) is 93.7 cm³/mol. The number of hydrogen-bond donors (Lipinski definition) is 2. The Kier molecular flexibility index (Phi) is 5.36. The fourth-order valence-corrected chi connectivity index (χ4v) is 4.31. The van der Waals surface area contributed by atoms with Crippen molar-refractivity contribution in [3.8, 4) is 0 Å². The molecule has 1 aromatic rings. The number of carbonyl (C=O) groups is 3. The van der Waals surface area contributed by atoms with E-state index in [0.717, 1.165) is 38.3 Å². The SMILES string of the molecule is CC(=O)Nc1cc(C(=O)N2C(C(=O)O)CC3CCCCC32)cc(C(F)(F)F)c1. The molecule has 3 rings (SSSR count). The van der Waals surface area contributed by atoms with Crippen molar-refractivity contribution < 1.29 is 32.7 Å². The minimum absolute atomic E-state index is 0.0411. The van der Waals surface area contributed by atoms with Crippen LogP contribution in [0.15, 0.2) is 18.2 Å². The van der Waals surface area contributed by atoms with E-state index in [1.165, 1.54) is 4.90 Å². The minimum atomic E-state index is -4.71. The van der Waals surface area contributed by atoms with Crippen molar-refractivity contribution in [2.24, 2.45) is 5.92 Å². The number of carboxylic acids is 1. The largest absolute Gasteiger partial charge is 0.480 e. The first-order chi connectivity index (χ1) is 13.1. The zero-order valence-corrected chi connectivity index (χ0v) is 15.3. The van der Waals surface area contributed by atoms with Crippen LogP contribution < -0.4 is 5.32 Å². The molecule has 1 heterocycles. The quantitative estimate of drug-likeness (QED) is 0.816. The summed E-state index contributed by atoms with van der Waals surface area (Å²) in [6, 6.07) is 1.28. The van der Waals surface area contributed by atoms with Crippen molar-refractivity contribution in [2.75, 3.05) is 5.32 Å². The number of carbonyl (C=O) groups excluding carboxylic acids is 2. The molecule has 152 valence electrons. The van der Waals surface area contributed by atoms with Crippen LogP contribution in [0, 0.1) is 5.92 Å². The van der Waals surface area contributed by atoms with E-state index in [1.807, 2.05) is 0 Å². The van der Waals surface area contributed by atoms with Crippen LogP contribution in [-0.2, 0) is 15.8 Å². The molecule has 0 aromatic heterocycles. The molecule has 1 aliphatic carbocycles. The number of fused-ring (bicyclic) bond motifs is 1. The lowest BCUT2D eigenvalue weighted by molar-refractivity contribution is -0.142. The third-order valence-electron chi connectivity index (χ3n) is 5.44. The van der Waals surface area contributed by atoms with E-state index in [-0.39, 0.29) is 23.2 Å². The number of hydrogen-bond acceptors (Lipinski definition) is 3. The normalized spacial score (nSPS) is 24.6. The molecule has 2 fully saturated rings. The summed E-state index contributed by atoms with van der Waals surface area (Å²) in [5.74, 6) is -2.44.